The molecule has 0 saturated carbocycles. The fraction of sp³-hybridized carbons (Fsp3) is 0.294. The molecule has 21 heavy (non-hydrogen) atoms. The van der Waals surface area contributed by atoms with E-state index in [0.29, 0.717) is 5.88 Å². The van der Waals surface area contributed by atoms with Crippen molar-refractivity contribution in [2.24, 2.45) is 0 Å². The van der Waals surface area contributed by atoms with Gasteiger partial charge in [0.15, 0.2) is 0 Å². The molecule has 0 radical (unpaired) electrons. The molecule has 1 unspecified atom stereocenters. The lowest BCUT2D eigenvalue weighted by atomic mass is 9.95. The smallest absolute Gasteiger partial charge is 0.310 e. The number of carboxylic acids is 1. The lowest BCUT2D eigenvalue weighted by Crippen LogP contribution is -2.10. The van der Waals surface area contributed by atoms with Gasteiger partial charge in [-0.3, -0.25) is 4.79 Å². The van der Waals surface area contributed by atoms with Gasteiger partial charge in [-0.2, -0.15) is 0 Å². The second kappa shape index (κ2) is 5.20. The molecule has 2 aromatic rings. The first-order chi connectivity index (χ1) is 10.1. The molecule has 2 heterocycles. The van der Waals surface area contributed by atoms with Gasteiger partial charge >= 0.3 is 5.97 Å². The van der Waals surface area contributed by atoms with Crippen LogP contribution >= 0.6 is 0 Å². The molecule has 0 spiro atoms. The predicted octanol–water partition coefficient (Wildman–Crippen LogP) is 3.53. The van der Waals surface area contributed by atoms with Crippen molar-refractivity contribution in [1.82, 2.24) is 4.98 Å². The van der Waals surface area contributed by atoms with E-state index in [2.05, 4.69) is 11.9 Å². The zero-order chi connectivity index (χ0) is 15.0. The molecule has 0 aliphatic carbocycles. The highest BCUT2D eigenvalue weighted by atomic mass is 16.5. The zero-order valence-corrected chi connectivity index (χ0v) is 12.1. The monoisotopic (exact) mass is 283 g/mol. The fourth-order valence-electron chi connectivity index (χ4n) is 2.49. The van der Waals surface area contributed by atoms with Crippen LogP contribution in [0.4, 0.5) is 0 Å². The highest BCUT2D eigenvalue weighted by Crippen LogP contribution is 2.36. The van der Waals surface area contributed by atoms with Gasteiger partial charge in [-0.15, -0.1) is 0 Å². The van der Waals surface area contributed by atoms with Crippen molar-refractivity contribution < 1.29 is 14.6 Å². The van der Waals surface area contributed by atoms with Crippen LogP contribution in [0.5, 0.6) is 11.6 Å². The molecule has 0 fully saturated rings. The SMILES string of the molecule is CCc1ccc2c(n1)Oc1ccc(C(C)C(=O)O)cc1C2. The molecule has 1 aromatic heterocycles. The molecule has 3 rings (SSSR count). The Balaban J connectivity index is 1.95. The zero-order valence-electron chi connectivity index (χ0n) is 12.1. The number of aromatic nitrogens is 1. The summed E-state index contributed by atoms with van der Waals surface area (Å²) in [5.41, 5.74) is 3.86. The number of carboxylic acid groups (broad SMARTS) is 1. The number of hydrogen-bond acceptors (Lipinski definition) is 3. The number of rotatable bonds is 3. The van der Waals surface area contributed by atoms with Gasteiger partial charge in [0.1, 0.15) is 5.75 Å². The van der Waals surface area contributed by atoms with Crippen molar-refractivity contribution >= 4 is 5.97 Å². The van der Waals surface area contributed by atoms with E-state index in [4.69, 9.17) is 9.84 Å². The second-order valence-electron chi connectivity index (χ2n) is 5.33. The van der Waals surface area contributed by atoms with Crippen molar-refractivity contribution in [3.63, 3.8) is 0 Å². The standard InChI is InChI=1S/C17H17NO3/c1-3-14-6-4-12-9-13-8-11(10(2)17(19)20)5-7-15(13)21-16(12)18-14/h4-8,10H,3,9H2,1-2H3,(H,19,20). The first-order valence-electron chi connectivity index (χ1n) is 7.10. The molecule has 1 N–H and O–H groups in total. The lowest BCUT2D eigenvalue weighted by Gasteiger charge is -2.21. The van der Waals surface area contributed by atoms with Gasteiger partial charge in [0.2, 0.25) is 5.88 Å². The maximum atomic E-state index is 11.1. The molecule has 1 aliphatic rings. The van der Waals surface area contributed by atoms with E-state index in [1.54, 1.807) is 6.92 Å². The summed E-state index contributed by atoms with van der Waals surface area (Å²) in [4.78, 5) is 15.6. The largest absolute Gasteiger partial charge is 0.481 e. The van der Waals surface area contributed by atoms with Crippen molar-refractivity contribution in [3.8, 4) is 11.6 Å². The maximum absolute atomic E-state index is 11.1. The molecular weight excluding hydrogens is 266 g/mol. The van der Waals surface area contributed by atoms with Crippen LogP contribution in [-0.2, 0) is 17.6 Å². The summed E-state index contributed by atoms with van der Waals surface area (Å²) in [6.45, 7) is 3.75. The number of carbonyl (C=O) groups is 1. The van der Waals surface area contributed by atoms with Gasteiger partial charge in [-0.25, -0.2) is 4.98 Å². The third-order valence-electron chi connectivity index (χ3n) is 3.90. The highest BCUT2D eigenvalue weighted by Gasteiger charge is 2.21. The van der Waals surface area contributed by atoms with Crippen LogP contribution in [0.15, 0.2) is 30.3 Å². The number of nitrogens with zero attached hydrogens (tertiary/aromatic N) is 1. The first-order valence-corrected chi connectivity index (χ1v) is 7.10. The Kier molecular flexibility index (Phi) is 3.37. The summed E-state index contributed by atoms with van der Waals surface area (Å²) in [5, 5.41) is 9.11. The summed E-state index contributed by atoms with van der Waals surface area (Å²) >= 11 is 0. The van der Waals surface area contributed by atoms with Crippen LogP contribution < -0.4 is 4.74 Å². The van der Waals surface area contributed by atoms with E-state index in [9.17, 15) is 4.79 Å². The number of benzene rings is 1. The van der Waals surface area contributed by atoms with Crippen LogP contribution in [0.1, 0.15) is 42.1 Å². The number of aryl methyl sites for hydroxylation is 1. The summed E-state index contributed by atoms with van der Waals surface area (Å²) < 4.78 is 5.86. The molecule has 108 valence electrons. The highest BCUT2D eigenvalue weighted by molar-refractivity contribution is 5.75. The number of pyridine rings is 1. The topological polar surface area (TPSA) is 59.4 Å². The van der Waals surface area contributed by atoms with Crippen molar-refractivity contribution in [3.05, 3.63) is 52.7 Å². The lowest BCUT2D eigenvalue weighted by molar-refractivity contribution is -0.138. The second-order valence-corrected chi connectivity index (χ2v) is 5.33. The number of fused-ring (bicyclic) bond motifs is 2. The minimum atomic E-state index is -0.818. The number of ether oxygens (including phenoxy) is 1. The summed E-state index contributed by atoms with van der Waals surface area (Å²) in [6, 6.07) is 9.62. The molecule has 1 aromatic carbocycles. The summed E-state index contributed by atoms with van der Waals surface area (Å²) in [7, 11) is 0. The van der Waals surface area contributed by atoms with E-state index in [1.165, 1.54) is 0 Å². The van der Waals surface area contributed by atoms with E-state index >= 15 is 0 Å². The summed E-state index contributed by atoms with van der Waals surface area (Å²) in [6.07, 6.45) is 1.60. The van der Waals surface area contributed by atoms with E-state index < -0.39 is 11.9 Å². The van der Waals surface area contributed by atoms with Gasteiger partial charge in [0.25, 0.3) is 0 Å². The molecule has 1 aliphatic heterocycles. The third-order valence-corrected chi connectivity index (χ3v) is 3.90. The normalized spacial score (nSPS) is 13.8. The average molecular weight is 283 g/mol. The Morgan fingerprint density at radius 3 is 2.86 bits per heavy atom. The molecule has 0 bridgehead atoms. The van der Waals surface area contributed by atoms with Gasteiger partial charge in [0.05, 0.1) is 5.92 Å². The van der Waals surface area contributed by atoms with Gasteiger partial charge < -0.3 is 9.84 Å². The van der Waals surface area contributed by atoms with Crippen LogP contribution in [0.3, 0.4) is 0 Å². The molecule has 1 atom stereocenters. The van der Waals surface area contributed by atoms with E-state index in [0.717, 1.165) is 41.0 Å². The fourth-order valence-corrected chi connectivity index (χ4v) is 2.49. The molecule has 4 heteroatoms. The molecular formula is C17H17NO3. The number of hydrogen-bond donors (Lipinski definition) is 1. The number of aliphatic carboxylic acids is 1. The molecule has 0 amide bonds. The van der Waals surface area contributed by atoms with Crippen molar-refractivity contribution in [2.45, 2.75) is 32.6 Å². The van der Waals surface area contributed by atoms with Crippen molar-refractivity contribution in [1.29, 1.82) is 0 Å². The van der Waals surface area contributed by atoms with Gasteiger partial charge in [-0.05, 0) is 36.6 Å². The Morgan fingerprint density at radius 1 is 1.33 bits per heavy atom. The quantitative estimate of drug-likeness (QED) is 0.799. The average Bonchev–Trinajstić information content (AvgIpc) is 2.50. The van der Waals surface area contributed by atoms with Crippen LogP contribution in [-0.4, -0.2) is 16.1 Å². The predicted molar refractivity (Wildman–Crippen MR) is 79.0 cm³/mol. The maximum Gasteiger partial charge on any atom is 0.310 e. The van der Waals surface area contributed by atoms with Crippen LogP contribution in [0, 0.1) is 0 Å². The summed E-state index contributed by atoms with van der Waals surface area (Å²) in [5.74, 6) is 0.101. The van der Waals surface area contributed by atoms with Gasteiger partial charge in [0, 0.05) is 17.7 Å². The minimum absolute atomic E-state index is 0.516. The van der Waals surface area contributed by atoms with E-state index in [-0.39, 0.29) is 0 Å². The minimum Gasteiger partial charge on any atom is -0.481 e. The van der Waals surface area contributed by atoms with Gasteiger partial charge in [-0.1, -0.05) is 25.1 Å². The Morgan fingerprint density at radius 2 is 2.14 bits per heavy atom. The Hall–Kier alpha value is -2.36. The van der Waals surface area contributed by atoms with Crippen molar-refractivity contribution in [2.75, 3.05) is 0 Å². The molecule has 0 saturated heterocycles. The first kappa shape index (κ1) is 13.6. The van der Waals surface area contributed by atoms with Crippen LogP contribution in [0.25, 0.3) is 0 Å². The Bertz CT molecular complexity index is 709. The molecule has 4 nitrogen and oxygen atoms in total. The third kappa shape index (κ3) is 2.49. The van der Waals surface area contributed by atoms with Crippen LogP contribution in [0.2, 0.25) is 0 Å². The van der Waals surface area contributed by atoms with E-state index in [1.807, 2.05) is 30.3 Å². The Labute approximate surface area is 123 Å².